The first-order valence-corrected chi connectivity index (χ1v) is 6.89. The summed E-state index contributed by atoms with van der Waals surface area (Å²) in [6.07, 6.45) is 4.22. The number of likely N-dealkylation sites (N-methyl/N-ethyl adjacent to an activating group) is 1. The van der Waals surface area contributed by atoms with Crippen LogP contribution in [0.4, 0.5) is 0 Å². The predicted octanol–water partition coefficient (Wildman–Crippen LogP) is 1.01. The Morgan fingerprint density at radius 2 is 2.19 bits per heavy atom. The molecule has 3 nitrogen and oxygen atoms in total. The number of nitrogens with one attached hydrogen (secondary N) is 1. The Morgan fingerprint density at radius 1 is 1.31 bits per heavy atom. The summed E-state index contributed by atoms with van der Waals surface area (Å²) in [7, 11) is 2.24. The number of piperazine rings is 1. The fraction of sp³-hybridized carbons (Fsp3) is 1.00. The lowest BCUT2D eigenvalue weighted by Crippen LogP contribution is -2.50. The van der Waals surface area contributed by atoms with E-state index in [9.17, 15) is 0 Å². The van der Waals surface area contributed by atoms with Crippen LogP contribution in [0.15, 0.2) is 0 Å². The largest absolute Gasteiger partial charge is 0.316 e. The van der Waals surface area contributed by atoms with E-state index >= 15 is 0 Å². The Kier molecular flexibility index (Phi) is 4.62. The van der Waals surface area contributed by atoms with Gasteiger partial charge < -0.3 is 15.1 Å². The van der Waals surface area contributed by atoms with Crippen molar-refractivity contribution >= 4 is 0 Å². The highest BCUT2D eigenvalue weighted by atomic mass is 15.3. The van der Waals surface area contributed by atoms with Crippen molar-refractivity contribution in [1.82, 2.24) is 15.1 Å². The molecule has 2 atom stereocenters. The zero-order chi connectivity index (χ0) is 11.4. The highest BCUT2D eigenvalue weighted by Gasteiger charge is 2.20. The summed E-state index contributed by atoms with van der Waals surface area (Å²) in [4.78, 5) is 5.12. The average Bonchev–Trinajstić information content (AvgIpc) is 2.76. The second kappa shape index (κ2) is 5.99. The minimum absolute atomic E-state index is 0.738. The Labute approximate surface area is 100 Å². The maximum atomic E-state index is 3.45. The van der Waals surface area contributed by atoms with Crippen molar-refractivity contribution in [3.05, 3.63) is 0 Å². The average molecular weight is 225 g/mol. The lowest BCUT2D eigenvalue weighted by atomic mass is 10.0. The van der Waals surface area contributed by atoms with Gasteiger partial charge in [0, 0.05) is 25.7 Å². The van der Waals surface area contributed by atoms with Gasteiger partial charge in [-0.05, 0) is 58.8 Å². The fourth-order valence-electron chi connectivity index (χ4n) is 2.89. The van der Waals surface area contributed by atoms with Crippen LogP contribution >= 0.6 is 0 Å². The first-order chi connectivity index (χ1) is 7.75. The van der Waals surface area contributed by atoms with Gasteiger partial charge in [0.1, 0.15) is 0 Å². The van der Waals surface area contributed by atoms with Crippen molar-refractivity contribution in [3.63, 3.8) is 0 Å². The summed E-state index contributed by atoms with van der Waals surface area (Å²) >= 11 is 0. The molecular weight excluding hydrogens is 198 g/mol. The third kappa shape index (κ3) is 3.44. The van der Waals surface area contributed by atoms with E-state index in [1.54, 1.807) is 0 Å². The van der Waals surface area contributed by atoms with Gasteiger partial charge in [-0.25, -0.2) is 0 Å². The number of nitrogens with zero attached hydrogens (tertiary/aromatic N) is 2. The molecule has 2 heterocycles. The molecule has 2 aliphatic rings. The van der Waals surface area contributed by atoms with E-state index in [1.165, 1.54) is 58.5 Å². The van der Waals surface area contributed by atoms with Crippen LogP contribution in [0.1, 0.15) is 26.2 Å². The molecule has 0 aromatic rings. The lowest BCUT2D eigenvalue weighted by Gasteiger charge is -2.37. The Hall–Kier alpha value is -0.120. The molecule has 94 valence electrons. The van der Waals surface area contributed by atoms with E-state index in [2.05, 4.69) is 29.1 Å². The topological polar surface area (TPSA) is 18.5 Å². The van der Waals surface area contributed by atoms with Crippen LogP contribution in [-0.2, 0) is 0 Å². The molecule has 1 N–H and O–H groups in total. The molecule has 0 aliphatic carbocycles. The number of rotatable bonds is 4. The van der Waals surface area contributed by atoms with Gasteiger partial charge in [-0.3, -0.25) is 0 Å². The minimum Gasteiger partial charge on any atom is -0.316 e. The SMILES string of the molecule is CC1CN(CCCC2CCNC2)CCN1C. The molecule has 0 spiro atoms. The second-order valence-corrected chi connectivity index (χ2v) is 5.63. The second-order valence-electron chi connectivity index (χ2n) is 5.63. The molecule has 2 saturated heterocycles. The monoisotopic (exact) mass is 225 g/mol. The molecule has 3 heteroatoms. The molecule has 2 fully saturated rings. The standard InChI is InChI=1S/C13H27N3/c1-12-11-16(9-8-15(12)2)7-3-4-13-5-6-14-10-13/h12-14H,3-11H2,1-2H3. The molecule has 2 rings (SSSR count). The fourth-order valence-corrected chi connectivity index (χ4v) is 2.89. The van der Waals surface area contributed by atoms with Crippen LogP contribution in [0, 0.1) is 5.92 Å². The van der Waals surface area contributed by atoms with Crippen LogP contribution in [0.5, 0.6) is 0 Å². The van der Waals surface area contributed by atoms with Crippen molar-refractivity contribution in [2.45, 2.75) is 32.2 Å². The Balaban J connectivity index is 1.59. The van der Waals surface area contributed by atoms with E-state index in [-0.39, 0.29) is 0 Å². The maximum absolute atomic E-state index is 3.45. The number of hydrogen-bond donors (Lipinski definition) is 1. The van der Waals surface area contributed by atoms with E-state index < -0.39 is 0 Å². The molecule has 0 saturated carbocycles. The highest BCUT2D eigenvalue weighted by Crippen LogP contribution is 2.15. The van der Waals surface area contributed by atoms with Gasteiger partial charge in [-0.2, -0.15) is 0 Å². The van der Waals surface area contributed by atoms with Crippen molar-refractivity contribution in [3.8, 4) is 0 Å². The number of hydrogen-bond acceptors (Lipinski definition) is 3. The van der Waals surface area contributed by atoms with E-state index in [0.717, 1.165) is 12.0 Å². The molecule has 2 unspecified atom stereocenters. The third-order valence-corrected chi connectivity index (χ3v) is 4.29. The van der Waals surface area contributed by atoms with Crippen molar-refractivity contribution < 1.29 is 0 Å². The summed E-state index contributed by atoms with van der Waals surface area (Å²) < 4.78 is 0. The van der Waals surface area contributed by atoms with Crippen LogP contribution in [0.3, 0.4) is 0 Å². The molecule has 16 heavy (non-hydrogen) atoms. The van der Waals surface area contributed by atoms with Gasteiger partial charge in [-0.15, -0.1) is 0 Å². The van der Waals surface area contributed by atoms with Crippen LogP contribution in [-0.4, -0.2) is 62.2 Å². The smallest absolute Gasteiger partial charge is 0.0192 e. The van der Waals surface area contributed by atoms with E-state index in [4.69, 9.17) is 0 Å². The van der Waals surface area contributed by atoms with Crippen molar-refractivity contribution in [2.75, 3.05) is 46.3 Å². The first-order valence-electron chi connectivity index (χ1n) is 6.89. The Bertz CT molecular complexity index is 201. The molecule has 0 bridgehead atoms. The van der Waals surface area contributed by atoms with E-state index in [1.807, 2.05) is 0 Å². The summed E-state index contributed by atoms with van der Waals surface area (Å²) in [5.41, 5.74) is 0. The zero-order valence-electron chi connectivity index (χ0n) is 10.9. The van der Waals surface area contributed by atoms with Gasteiger partial charge in [-0.1, -0.05) is 0 Å². The first kappa shape index (κ1) is 12.3. The summed E-state index contributed by atoms with van der Waals surface area (Å²) in [6, 6.07) is 0.738. The molecule has 0 aromatic heterocycles. The maximum Gasteiger partial charge on any atom is 0.0192 e. The van der Waals surface area contributed by atoms with E-state index in [0.29, 0.717) is 0 Å². The quantitative estimate of drug-likeness (QED) is 0.770. The minimum atomic E-state index is 0.738. The molecular formula is C13H27N3. The summed E-state index contributed by atoms with van der Waals surface area (Å²) in [5.74, 6) is 0.963. The normalized spacial score (nSPS) is 33.4. The highest BCUT2D eigenvalue weighted by molar-refractivity contribution is 4.77. The van der Waals surface area contributed by atoms with Crippen molar-refractivity contribution in [2.24, 2.45) is 5.92 Å². The molecule has 0 radical (unpaired) electrons. The van der Waals surface area contributed by atoms with Gasteiger partial charge in [0.2, 0.25) is 0 Å². The van der Waals surface area contributed by atoms with Gasteiger partial charge >= 0.3 is 0 Å². The zero-order valence-corrected chi connectivity index (χ0v) is 10.9. The summed E-state index contributed by atoms with van der Waals surface area (Å²) in [5, 5.41) is 3.45. The molecule has 0 amide bonds. The van der Waals surface area contributed by atoms with Gasteiger partial charge in [0.05, 0.1) is 0 Å². The van der Waals surface area contributed by atoms with Gasteiger partial charge in [0.15, 0.2) is 0 Å². The summed E-state index contributed by atoms with van der Waals surface area (Å²) in [6.45, 7) is 9.94. The van der Waals surface area contributed by atoms with Crippen LogP contribution < -0.4 is 5.32 Å². The van der Waals surface area contributed by atoms with Crippen LogP contribution in [0.25, 0.3) is 0 Å². The molecule has 0 aromatic carbocycles. The van der Waals surface area contributed by atoms with Crippen LogP contribution in [0.2, 0.25) is 0 Å². The van der Waals surface area contributed by atoms with Crippen molar-refractivity contribution in [1.29, 1.82) is 0 Å². The molecule has 2 aliphatic heterocycles. The lowest BCUT2D eigenvalue weighted by molar-refractivity contribution is 0.103. The third-order valence-electron chi connectivity index (χ3n) is 4.29. The Morgan fingerprint density at radius 3 is 2.88 bits per heavy atom. The predicted molar refractivity (Wildman–Crippen MR) is 68.7 cm³/mol. The van der Waals surface area contributed by atoms with Gasteiger partial charge in [0.25, 0.3) is 0 Å².